The molecule has 1 fully saturated rings. The summed E-state index contributed by atoms with van der Waals surface area (Å²) in [6.45, 7) is 6.98. The van der Waals surface area contributed by atoms with Gasteiger partial charge in [0.2, 0.25) is 0 Å². The molecule has 0 heteroatoms. The molecule has 2 aliphatic carbocycles. The Morgan fingerprint density at radius 1 is 0.875 bits per heavy atom. The number of hydrogen-bond donors (Lipinski definition) is 0. The smallest absolute Gasteiger partial charge is 0.00675 e. The molecule has 0 spiro atoms. The van der Waals surface area contributed by atoms with Gasteiger partial charge in [-0.3, -0.25) is 0 Å². The zero-order valence-corrected chi connectivity index (χ0v) is 15.8. The summed E-state index contributed by atoms with van der Waals surface area (Å²) in [5.74, 6) is 0. The summed E-state index contributed by atoms with van der Waals surface area (Å²) < 4.78 is 0. The van der Waals surface area contributed by atoms with Crippen LogP contribution in [0.3, 0.4) is 0 Å². The molecule has 1 saturated carbocycles. The van der Waals surface area contributed by atoms with E-state index in [1.807, 2.05) is 0 Å². The topological polar surface area (TPSA) is 0 Å². The van der Waals surface area contributed by atoms with Crippen molar-refractivity contribution in [2.24, 2.45) is 0 Å². The third kappa shape index (κ3) is 3.16. The minimum absolute atomic E-state index is 1.19. The fourth-order valence-electron chi connectivity index (χ4n) is 4.42. The lowest BCUT2D eigenvalue weighted by atomic mass is 9.68. The maximum absolute atomic E-state index is 2.33. The number of rotatable bonds is 6. The van der Waals surface area contributed by atoms with Crippen molar-refractivity contribution in [3.63, 3.8) is 0 Å². The summed E-state index contributed by atoms with van der Waals surface area (Å²) in [6.07, 6.45) is 11.6. The van der Waals surface area contributed by atoms with Crippen molar-refractivity contribution in [2.75, 3.05) is 0 Å². The summed E-state index contributed by atoms with van der Waals surface area (Å²) in [6, 6.07) is 11.1. The highest BCUT2D eigenvalue weighted by Crippen LogP contribution is 2.53. The number of allylic oxidation sites excluding steroid dienone is 6. The summed E-state index contributed by atoms with van der Waals surface area (Å²) in [4.78, 5) is 0. The molecule has 0 aromatic heterocycles. The molecule has 0 aliphatic heterocycles. The first-order valence-electron chi connectivity index (χ1n) is 10.0. The van der Waals surface area contributed by atoms with E-state index in [-0.39, 0.29) is 0 Å². The van der Waals surface area contributed by atoms with Gasteiger partial charge >= 0.3 is 0 Å². The normalized spacial score (nSPS) is 17.5. The maximum atomic E-state index is 2.33. The number of unbranched alkanes of at least 4 members (excludes halogenated alkanes) is 1. The molecule has 1 aromatic carbocycles. The minimum atomic E-state index is 1.19. The zero-order chi connectivity index (χ0) is 16.9. The van der Waals surface area contributed by atoms with Crippen molar-refractivity contribution in [1.82, 2.24) is 0 Å². The fourth-order valence-corrected chi connectivity index (χ4v) is 4.42. The molecular formula is C24H32. The molecule has 0 atom stereocenters. The molecule has 3 rings (SSSR count). The molecule has 0 amide bonds. The summed E-state index contributed by atoms with van der Waals surface area (Å²) in [5, 5.41) is 0. The van der Waals surface area contributed by atoms with E-state index < -0.39 is 0 Å². The summed E-state index contributed by atoms with van der Waals surface area (Å²) in [7, 11) is 0. The van der Waals surface area contributed by atoms with Crippen molar-refractivity contribution in [3.8, 4) is 0 Å². The van der Waals surface area contributed by atoms with Gasteiger partial charge in [0, 0.05) is 0 Å². The van der Waals surface area contributed by atoms with Crippen LogP contribution in [0.2, 0.25) is 0 Å². The van der Waals surface area contributed by atoms with E-state index in [0.29, 0.717) is 0 Å². The molecule has 0 unspecified atom stereocenters. The lowest BCUT2D eigenvalue weighted by Gasteiger charge is -2.36. The van der Waals surface area contributed by atoms with Gasteiger partial charge in [0.1, 0.15) is 0 Å². The number of hydrogen-bond acceptors (Lipinski definition) is 0. The van der Waals surface area contributed by atoms with Crippen LogP contribution in [0.4, 0.5) is 0 Å². The highest BCUT2D eigenvalue weighted by atomic mass is 14.4. The SMILES string of the molecule is CCCCC1=C(c2ccccc2)C(=C2CCCC2)C1=C(CC)CC. The van der Waals surface area contributed by atoms with E-state index in [0.717, 1.165) is 0 Å². The Bertz CT molecular complexity index is 653. The van der Waals surface area contributed by atoms with Crippen molar-refractivity contribution >= 4 is 5.57 Å². The molecule has 0 heterocycles. The van der Waals surface area contributed by atoms with E-state index in [1.54, 1.807) is 33.4 Å². The third-order valence-electron chi connectivity index (χ3n) is 5.71. The molecule has 0 saturated heterocycles. The van der Waals surface area contributed by atoms with Gasteiger partial charge in [-0.1, -0.05) is 68.7 Å². The Kier molecular flexibility index (Phi) is 5.76. The largest absolute Gasteiger partial charge is 0.0654 e. The third-order valence-corrected chi connectivity index (χ3v) is 5.71. The van der Waals surface area contributed by atoms with Crippen LogP contribution in [0, 0.1) is 0 Å². The van der Waals surface area contributed by atoms with E-state index in [9.17, 15) is 0 Å². The average Bonchev–Trinajstić information content (AvgIpc) is 3.13. The molecule has 0 radical (unpaired) electrons. The van der Waals surface area contributed by atoms with Gasteiger partial charge in [-0.15, -0.1) is 0 Å². The first-order valence-corrected chi connectivity index (χ1v) is 10.0. The van der Waals surface area contributed by atoms with Gasteiger partial charge in [-0.05, 0) is 79.2 Å². The van der Waals surface area contributed by atoms with Crippen LogP contribution in [-0.2, 0) is 0 Å². The molecular weight excluding hydrogens is 288 g/mol. The van der Waals surface area contributed by atoms with Crippen LogP contribution in [0.15, 0.2) is 58.2 Å². The first-order chi connectivity index (χ1) is 11.8. The van der Waals surface area contributed by atoms with Gasteiger partial charge in [0.05, 0.1) is 0 Å². The van der Waals surface area contributed by atoms with Gasteiger partial charge in [0.15, 0.2) is 0 Å². The minimum Gasteiger partial charge on any atom is -0.0654 e. The van der Waals surface area contributed by atoms with Crippen LogP contribution in [0.25, 0.3) is 5.57 Å². The first kappa shape index (κ1) is 17.3. The second kappa shape index (κ2) is 8.01. The molecule has 128 valence electrons. The summed E-state index contributed by atoms with van der Waals surface area (Å²) in [5.41, 5.74) is 11.4. The van der Waals surface area contributed by atoms with E-state index >= 15 is 0 Å². The van der Waals surface area contributed by atoms with Crippen LogP contribution in [0.1, 0.15) is 84.1 Å². The highest BCUT2D eigenvalue weighted by Gasteiger charge is 2.34. The highest BCUT2D eigenvalue weighted by molar-refractivity contribution is 6.00. The lowest BCUT2D eigenvalue weighted by molar-refractivity contribution is 0.780. The zero-order valence-electron chi connectivity index (χ0n) is 15.8. The number of benzene rings is 1. The maximum Gasteiger partial charge on any atom is -0.00675 e. The molecule has 0 N–H and O–H groups in total. The van der Waals surface area contributed by atoms with Crippen molar-refractivity contribution in [3.05, 3.63) is 63.8 Å². The van der Waals surface area contributed by atoms with Crippen LogP contribution in [-0.4, -0.2) is 0 Å². The van der Waals surface area contributed by atoms with Gasteiger partial charge in [-0.2, -0.15) is 0 Å². The standard InChI is InChI=1S/C24H32/c1-4-7-17-21-22(18(5-2)6-3)24(20-15-11-12-16-20)23(21)19-13-9-8-10-14-19/h8-10,13-14H,4-7,11-12,15-17H2,1-3H3. The second-order valence-electron chi connectivity index (χ2n) is 7.19. The molecule has 24 heavy (non-hydrogen) atoms. The van der Waals surface area contributed by atoms with E-state index in [2.05, 4.69) is 51.1 Å². The second-order valence-corrected chi connectivity index (χ2v) is 7.19. The van der Waals surface area contributed by atoms with Gasteiger partial charge < -0.3 is 0 Å². The lowest BCUT2D eigenvalue weighted by Crippen LogP contribution is -2.16. The molecule has 0 nitrogen and oxygen atoms in total. The quantitative estimate of drug-likeness (QED) is 0.505. The Labute approximate surface area is 148 Å². The predicted molar refractivity (Wildman–Crippen MR) is 106 cm³/mol. The van der Waals surface area contributed by atoms with Crippen molar-refractivity contribution in [1.29, 1.82) is 0 Å². The Morgan fingerprint density at radius 2 is 1.54 bits per heavy atom. The Morgan fingerprint density at radius 3 is 2.12 bits per heavy atom. The van der Waals surface area contributed by atoms with Crippen molar-refractivity contribution < 1.29 is 0 Å². The van der Waals surface area contributed by atoms with E-state index in [1.165, 1.54) is 63.4 Å². The summed E-state index contributed by atoms with van der Waals surface area (Å²) >= 11 is 0. The van der Waals surface area contributed by atoms with Crippen LogP contribution >= 0.6 is 0 Å². The van der Waals surface area contributed by atoms with E-state index in [4.69, 9.17) is 0 Å². The average molecular weight is 321 g/mol. The van der Waals surface area contributed by atoms with Crippen LogP contribution < -0.4 is 0 Å². The molecule has 1 aromatic rings. The predicted octanol–water partition coefficient (Wildman–Crippen LogP) is 7.63. The Hall–Kier alpha value is -1.56. The molecule has 0 bridgehead atoms. The van der Waals surface area contributed by atoms with Crippen molar-refractivity contribution in [2.45, 2.75) is 78.6 Å². The monoisotopic (exact) mass is 320 g/mol. The van der Waals surface area contributed by atoms with Gasteiger partial charge in [-0.25, -0.2) is 0 Å². The Balaban J connectivity index is 2.18. The van der Waals surface area contributed by atoms with Gasteiger partial charge in [0.25, 0.3) is 0 Å². The fraction of sp³-hybridized carbons (Fsp3) is 0.500. The van der Waals surface area contributed by atoms with Crippen LogP contribution in [0.5, 0.6) is 0 Å². The molecule has 2 aliphatic rings.